The van der Waals surface area contributed by atoms with Gasteiger partial charge in [0, 0.05) is 18.7 Å². The SMILES string of the molecule is CCOC(=O)C1(NC(=O)c2cccc(S(=O)(=O)N3CC(C)OC(C)C3)c2)CCCCC1. The van der Waals surface area contributed by atoms with Crippen molar-refractivity contribution in [3.05, 3.63) is 29.8 Å². The van der Waals surface area contributed by atoms with Crippen LogP contribution in [0.25, 0.3) is 0 Å². The Morgan fingerprint density at radius 1 is 1.16 bits per heavy atom. The van der Waals surface area contributed by atoms with E-state index < -0.39 is 27.4 Å². The molecule has 1 amide bonds. The van der Waals surface area contributed by atoms with E-state index in [9.17, 15) is 18.0 Å². The highest BCUT2D eigenvalue weighted by Crippen LogP contribution is 2.30. The number of nitrogens with one attached hydrogen (secondary N) is 1. The van der Waals surface area contributed by atoms with Gasteiger partial charge in [-0.05, 0) is 51.8 Å². The summed E-state index contributed by atoms with van der Waals surface area (Å²) in [6.07, 6.45) is 3.25. The molecule has 1 saturated heterocycles. The van der Waals surface area contributed by atoms with E-state index in [2.05, 4.69) is 5.32 Å². The quantitative estimate of drug-likeness (QED) is 0.666. The van der Waals surface area contributed by atoms with Gasteiger partial charge in [0.2, 0.25) is 10.0 Å². The lowest BCUT2D eigenvalue weighted by Gasteiger charge is -2.35. The fourth-order valence-corrected chi connectivity index (χ4v) is 6.00. The van der Waals surface area contributed by atoms with Gasteiger partial charge >= 0.3 is 5.97 Å². The summed E-state index contributed by atoms with van der Waals surface area (Å²) in [6.45, 7) is 6.16. The summed E-state index contributed by atoms with van der Waals surface area (Å²) in [6, 6.07) is 5.96. The van der Waals surface area contributed by atoms with Crippen LogP contribution >= 0.6 is 0 Å². The predicted molar refractivity (Wildman–Crippen MR) is 115 cm³/mol. The molecule has 1 heterocycles. The summed E-state index contributed by atoms with van der Waals surface area (Å²) in [5, 5.41) is 2.86. The third-order valence-corrected chi connectivity index (χ3v) is 7.67. The number of benzene rings is 1. The molecule has 1 saturated carbocycles. The maximum Gasteiger partial charge on any atom is 0.331 e. The number of carbonyl (C=O) groups is 2. The number of nitrogens with zero attached hydrogens (tertiary/aromatic N) is 1. The summed E-state index contributed by atoms with van der Waals surface area (Å²) in [5.74, 6) is -0.904. The Kier molecular flexibility index (Phi) is 7.39. The average molecular weight is 453 g/mol. The van der Waals surface area contributed by atoms with Gasteiger partial charge in [-0.25, -0.2) is 13.2 Å². The van der Waals surface area contributed by atoms with E-state index in [1.54, 1.807) is 19.1 Å². The van der Waals surface area contributed by atoms with Gasteiger partial charge in [-0.3, -0.25) is 4.79 Å². The molecule has 1 aliphatic heterocycles. The van der Waals surface area contributed by atoms with E-state index in [4.69, 9.17) is 9.47 Å². The van der Waals surface area contributed by atoms with Crippen molar-refractivity contribution in [2.75, 3.05) is 19.7 Å². The Balaban J connectivity index is 1.83. The van der Waals surface area contributed by atoms with Crippen LogP contribution in [0.2, 0.25) is 0 Å². The molecule has 31 heavy (non-hydrogen) atoms. The molecule has 1 aromatic carbocycles. The minimum atomic E-state index is -3.78. The van der Waals surface area contributed by atoms with E-state index in [1.807, 2.05) is 13.8 Å². The molecule has 0 radical (unpaired) electrons. The largest absolute Gasteiger partial charge is 0.464 e. The van der Waals surface area contributed by atoms with Crippen LogP contribution in [0.15, 0.2) is 29.2 Å². The zero-order chi connectivity index (χ0) is 22.6. The Hall–Kier alpha value is -1.97. The summed E-state index contributed by atoms with van der Waals surface area (Å²) >= 11 is 0. The highest BCUT2D eigenvalue weighted by atomic mass is 32.2. The van der Waals surface area contributed by atoms with E-state index in [0.717, 1.165) is 19.3 Å². The number of ether oxygens (including phenoxy) is 2. The second-order valence-corrected chi connectivity index (χ2v) is 10.4. The molecule has 0 bridgehead atoms. The molecular formula is C22H32N2O6S. The number of carbonyl (C=O) groups excluding carboxylic acids is 2. The van der Waals surface area contributed by atoms with Crippen LogP contribution in [0, 0.1) is 0 Å². The summed E-state index contributed by atoms with van der Waals surface area (Å²) in [4.78, 5) is 25.7. The molecule has 9 heteroatoms. The van der Waals surface area contributed by atoms with Crippen molar-refractivity contribution in [1.29, 1.82) is 0 Å². The molecule has 0 aromatic heterocycles. The topological polar surface area (TPSA) is 102 Å². The number of morpholine rings is 1. The van der Waals surface area contributed by atoms with Crippen molar-refractivity contribution in [3.8, 4) is 0 Å². The highest BCUT2D eigenvalue weighted by molar-refractivity contribution is 7.89. The smallest absolute Gasteiger partial charge is 0.331 e. The lowest BCUT2D eigenvalue weighted by molar-refractivity contribution is -0.152. The molecule has 2 unspecified atom stereocenters. The van der Waals surface area contributed by atoms with Gasteiger partial charge in [0.05, 0.1) is 23.7 Å². The minimum absolute atomic E-state index is 0.0512. The zero-order valence-corrected chi connectivity index (χ0v) is 19.2. The zero-order valence-electron chi connectivity index (χ0n) is 18.4. The first-order chi connectivity index (χ1) is 14.7. The number of hydrogen-bond donors (Lipinski definition) is 1. The second kappa shape index (κ2) is 9.67. The Bertz CT molecular complexity index is 900. The van der Waals surface area contributed by atoms with Gasteiger partial charge in [-0.2, -0.15) is 4.31 Å². The minimum Gasteiger partial charge on any atom is -0.464 e. The molecule has 2 aliphatic rings. The van der Waals surface area contributed by atoms with Crippen LogP contribution in [0.4, 0.5) is 0 Å². The third-order valence-electron chi connectivity index (χ3n) is 5.85. The Morgan fingerprint density at radius 2 is 1.81 bits per heavy atom. The molecule has 3 rings (SSSR count). The van der Waals surface area contributed by atoms with Crippen molar-refractivity contribution in [1.82, 2.24) is 9.62 Å². The molecule has 2 fully saturated rings. The molecule has 1 aliphatic carbocycles. The normalized spacial score (nSPS) is 24.4. The molecule has 172 valence electrons. The van der Waals surface area contributed by atoms with E-state index in [0.29, 0.717) is 12.8 Å². The van der Waals surface area contributed by atoms with Gasteiger partial charge in [-0.15, -0.1) is 0 Å². The first kappa shape index (κ1) is 23.7. The second-order valence-electron chi connectivity index (χ2n) is 8.42. The van der Waals surface area contributed by atoms with Crippen LogP contribution in [0.1, 0.15) is 63.2 Å². The Labute approximate surface area is 184 Å². The van der Waals surface area contributed by atoms with E-state index in [-0.39, 0.29) is 42.4 Å². The number of amides is 1. The van der Waals surface area contributed by atoms with Gasteiger partial charge in [0.1, 0.15) is 5.54 Å². The molecular weight excluding hydrogens is 420 g/mol. The van der Waals surface area contributed by atoms with Gasteiger partial charge in [-0.1, -0.05) is 25.3 Å². The average Bonchev–Trinajstić information content (AvgIpc) is 2.74. The monoisotopic (exact) mass is 452 g/mol. The third kappa shape index (κ3) is 5.27. The first-order valence-corrected chi connectivity index (χ1v) is 12.4. The number of esters is 1. The van der Waals surface area contributed by atoms with E-state index >= 15 is 0 Å². The lowest BCUT2D eigenvalue weighted by atomic mass is 9.81. The van der Waals surface area contributed by atoms with Crippen molar-refractivity contribution >= 4 is 21.9 Å². The fraction of sp³-hybridized carbons (Fsp3) is 0.636. The maximum atomic E-state index is 13.2. The molecule has 1 aromatic rings. The van der Waals surface area contributed by atoms with Crippen LogP contribution in [0.5, 0.6) is 0 Å². The predicted octanol–water partition coefficient (Wildman–Crippen LogP) is 2.48. The molecule has 2 atom stereocenters. The lowest BCUT2D eigenvalue weighted by Crippen LogP contribution is -2.56. The van der Waals surface area contributed by atoms with Crippen LogP contribution < -0.4 is 5.32 Å². The van der Waals surface area contributed by atoms with Crippen LogP contribution in [-0.2, 0) is 24.3 Å². The maximum absolute atomic E-state index is 13.2. The highest BCUT2D eigenvalue weighted by Gasteiger charge is 2.42. The Morgan fingerprint density at radius 3 is 2.42 bits per heavy atom. The standard InChI is InChI=1S/C22H32N2O6S/c1-4-29-21(26)22(11-6-5-7-12-22)23-20(25)18-9-8-10-19(13-18)31(27,28)24-14-16(2)30-17(3)15-24/h8-10,13,16-17H,4-7,11-12,14-15H2,1-3H3,(H,23,25). The summed E-state index contributed by atoms with van der Waals surface area (Å²) < 4.78 is 38.6. The van der Waals surface area contributed by atoms with Crippen molar-refractivity contribution in [2.24, 2.45) is 0 Å². The molecule has 8 nitrogen and oxygen atoms in total. The molecule has 1 N–H and O–H groups in total. The van der Waals surface area contributed by atoms with Gasteiger partial charge in [0.15, 0.2) is 0 Å². The van der Waals surface area contributed by atoms with Crippen molar-refractivity contribution < 1.29 is 27.5 Å². The van der Waals surface area contributed by atoms with E-state index in [1.165, 1.54) is 16.4 Å². The van der Waals surface area contributed by atoms with Crippen molar-refractivity contribution in [2.45, 2.75) is 75.5 Å². The summed E-state index contributed by atoms with van der Waals surface area (Å²) in [5.41, 5.74) is -0.861. The van der Waals surface area contributed by atoms with Gasteiger partial charge in [0.25, 0.3) is 5.91 Å². The first-order valence-electron chi connectivity index (χ1n) is 10.9. The number of rotatable bonds is 6. The van der Waals surface area contributed by atoms with Crippen LogP contribution in [0.3, 0.4) is 0 Å². The van der Waals surface area contributed by atoms with Gasteiger partial charge < -0.3 is 14.8 Å². The molecule has 0 spiro atoms. The number of hydrogen-bond acceptors (Lipinski definition) is 6. The summed E-state index contributed by atoms with van der Waals surface area (Å²) in [7, 11) is -3.78. The number of sulfonamides is 1. The fourth-order valence-electron chi connectivity index (χ4n) is 4.37. The van der Waals surface area contributed by atoms with Crippen LogP contribution in [-0.4, -0.2) is 62.0 Å². The van der Waals surface area contributed by atoms with Crippen molar-refractivity contribution in [3.63, 3.8) is 0 Å².